The number of nitrogens with one attached hydrogen (secondary N) is 1. The monoisotopic (exact) mass is 353 g/mol. The third-order valence-corrected chi connectivity index (χ3v) is 4.64. The Balaban J connectivity index is 1.55. The quantitative estimate of drug-likeness (QED) is 0.662. The second-order valence-electron chi connectivity index (χ2n) is 5.69. The van der Waals surface area contributed by atoms with E-state index in [0.29, 0.717) is 18.1 Å². The van der Waals surface area contributed by atoms with Crippen molar-refractivity contribution in [3.63, 3.8) is 0 Å². The second-order valence-corrected chi connectivity index (χ2v) is 6.86. The highest BCUT2D eigenvalue weighted by atomic mass is 32.2. The first kappa shape index (κ1) is 17.2. The lowest BCUT2D eigenvalue weighted by Gasteiger charge is -2.02. The number of aromatic nitrogens is 2. The Bertz CT molecular complexity index is 862. The van der Waals surface area contributed by atoms with Crippen molar-refractivity contribution >= 4 is 23.7 Å². The molecule has 0 unspecified atom stereocenters. The predicted octanol–water partition coefficient (Wildman–Crippen LogP) is 4.47. The molecule has 0 saturated carbocycles. The molecule has 128 valence electrons. The summed E-state index contributed by atoms with van der Waals surface area (Å²) in [5.74, 6) is 0.958. The largest absolute Gasteiger partial charge is 0.403 e. The number of benzene rings is 2. The molecule has 1 heterocycles. The molecule has 0 fully saturated rings. The van der Waals surface area contributed by atoms with E-state index in [1.54, 1.807) is 11.8 Å². The van der Waals surface area contributed by atoms with Crippen LogP contribution in [0, 0.1) is 13.8 Å². The Morgan fingerprint density at radius 3 is 2.68 bits per heavy atom. The summed E-state index contributed by atoms with van der Waals surface area (Å²) in [6, 6.07) is 16.1. The summed E-state index contributed by atoms with van der Waals surface area (Å²) in [5, 5.41) is 10.6. The number of thioether (sulfide) groups is 1. The maximum atomic E-state index is 12.0. The molecule has 0 aliphatic heterocycles. The van der Waals surface area contributed by atoms with Crippen molar-refractivity contribution in [2.75, 3.05) is 11.1 Å². The molecule has 0 aliphatic carbocycles. The van der Waals surface area contributed by atoms with Gasteiger partial charge in [-0.3, -0.25) is 10.1 Å². The minimum Gasteiger partial charge on any atom is -0.403 e. The van der Waals surface area contributed by atoms with E-state index in [2.05, 4.69) is 21.6 Å². The van der Waals surface area contributed by atoms with Crippen molar-refractivity contribution in [2.24, 2.45) is 0 Å². The lowest BCUT2D eigenvalue weighted by Crippen LogP contribution is -2.12. The molecule has 0 atom stereocenters. The number of amides is 1. The van der Waals surface area contributed by atoms with Gasteiger partial charge in [0.2, 0.25) is 11.8 Å². The molecule has 0 aliphatic rings. The van der Waals surface area contributed by atoms with Crippen molar-refractivity contribution in [3.05, 3.63) is 59.7 Å². The van der Waals surface area contributed by atoms with Crippen LogP contribution in [0.15, 0.2) is 57.8 Å². The zero-order chi connectivity index (χ0) is 17.6. The van der Waals surface area contributed by atoms with Gasteiger partial charge in [0.05, 0.1) is 0 Å². The molecule has 0 saturated heterocycles. The van der Waals surface area contributed by atoms with Gasteiger partial charge in [-0.25, -0.2) is 0 Å². The maximum Gasteiger partial charge on any atom is 0.322 e. The number of hydrogen-bond donors (Lipinski definition) is 1. The average Bonchev–Trinajstić information content (AvgIpc) is 3.04. The lowest BCUT2D eigenvalue weighted by molar-refractivity contribution is -0.115. The summed E-state index contributed by atoms with van der Waals surface area (Å²) in [6.07, 6.45) is 0.376. The van der Waals surface area contributed by atoms with Crippen LogP contribution in [0.3, 0.4) is 0 Å². The number of hydrogen-bond acceptors (Lipinski definition) is 5. The van der Waals surface area contributed by atoms with Gasteiger partial charge in [0.25, 0.3) is 0 Å². The van der Waals surface area contributed by atoms with E-state index in [1.165, 1.54) is 5.56 Å². The SMILES string of the molecule is Cc1ccc(-c2nnc(NC(=O)CCSc3ccccc3)o2)c(C)c1. The summed E-state index contributed by atoms with van der Waals surface area (Å²) in [5.41, 5.74) is 3.10. The summed E-state index contributed by atoms with van der Waals surface area (Å²) < 4.78 is 5.56. The third-order valence-electron chi connectivity index (χ3n) is 3.62. The average molecular weight is 353 g/mol. The molecule has 5 nitrogen and oxygen atoms in total. The van der Waals surface area contributed by atoms with Crippen LogP contribution in [0.25, 0.3) is 11.5 Å². The van der Waals surface area contributed by atoms with Gasteiger partial charge in [0.15, 0.2) is 0 Å². The topological polar surface area (TPSA) is 68.0 Å². The van der Waals surface area contributed by atoms with Crippen LogP contribution in [-0.4, -0.2) is 21.9 Å². The number of nitrogens with zero attached hydrogens (tertiary/aromatic N) is 2. The predicted molar refractivity (Wildman–Crippen MR) is 99.6 cm³/mol. The fourth-order valence-corrected chi connectivity index (χ4v) is 3.27. The number of carbonyl (C=O) groups is 1. The summed E-state index contributed by atoms with van der Waals surface area (Å²) in [6.45, 7) is 4.02. The lowest BCUT2D eigenvalue weighted by atomic mass is 10.1. The van der Waals surface area contributed by atoms with E-state index in [-0.39, 0.29) is 11.9 Å². The Morgan fingerprint density at radius 1 is 1.12 bits per heavy atom. The Hall–Kier alpha value is -2.60. The maximum absolute atomic E-state index is 12.0. The molecular weight excluding hydrogens is 334 g/mol. The van der Waals surface area contributed by atoms with Crippen LogP contribution in [0.5, 0.6) is 0 Å². The van der Waals surface area contributed by atoms with Crippen LogP contribution in [0.1, 0.15) is 17.5 Å². The van der Waals surface area contributed by atoms with Crippen LogP contribution in [0.4, 0.5) is 6.01 Å². The molecule has 0 bridgehead atoms. The highest BCUT2D eigenvalue weighted by Crippen LogP contribution is 2.24. The molecule has 1 aromatic heterocycles. The molecule has 0 radical (unpaired) electrons. The number of rotatable bonds is 6. The minimum absolute atomic E-state index is 0.129. The summed E-state index contributed by atoms with van der Waals surface area (Å²) >= 11 is 1.64. The first-order valence-electron chi connectivity index (χ1n) is 8.00. The fourth-order valence-electron chi connectivity index (χ4n) is 2.40. The van der Waals surface area contributed by atoms with Gasteiger partial charge in [0, 0.05) is 22.6 Å². The molecule has 6 heteroatoms. The van der Waals surface area contributed by atoms with Crippen molar-refractivity contribution in [2.45, 2.75) is 25.2 Å². The van der Waals surface area contributed by atoms with E-state index in [1.807, 2.05) is 56.3 Å². The molecule has 3 aromatic rings. The van der Waals surface area contributed by atoms with E-state index in [9.17, 15) is 4.79 Å². The van der Waals surface area contributed by atoms with E-state index < -0.39 is 0 Å². The van der Waals surface area contributed by atoms with Crippen LogP contribution in [-0.2, 0) is 4.79 Å². The molecule has 1 N–H and O–H groups in total. The fraction of sp³-hybridized carbons (Fsp3) is 0.211. The van der Waals surface area contributed by atoms with Crippen LogP contribution >= 0.6 is 11.8 Å². The van der Waals surface area contributed by atoms with Crippen molar-refractivity contribution < 1.29 is 9.21 Å². The first-order chi connectivity index (χ1) is 12.1. The zero-order valence-electron chi connectivity index (χ0n) is 14.2. The van der Waals surface area contributed by atoms with Crippen molar-refractivity contribution in [1.29, 1.82) is 0 Å². The summed E-state index contributed by atoms with van der Waals surface area (Å²) in [7, 11) is 0. The molecule has 1 amide bonds. The van der Waals surface area contributed by atoms with Gasteiger partial charge in [-0.05, 0) is 37.6 Å². The van der Waals surface area contributed by atoms with Gasteiger partial charge in [0.1, 0.15) is 0 Å². The van der Waals surface area contributed by atoms with Crippen LogP contribution < -0.4 is 5.32 Å². The van der Waals surface area contributed by atoms with Crippen molar-refractivity contribution in [3.8, 4) is 11.5 Å². The van der Waals surface area contributed by atoms with E-state index in [4.69, 9.17) is 4.42 Å². The van der Waals surface area contributed by atoms with Gasteiger partial charge in [-0.15, -0.1) is 16.9 Å². The van der Waals surface area contributed by atoms with Gasteiger partial charge >= 0.3 is 6.01 Å². The molecule has 2 aromatic carbocycles. The molecule has 3 rings (SSSR count). The zero-order valence-corrected chi connectivity index (χ0v) is 15.0. The Labute approximate surface area is 150 Å². The molecule has 25 heavy (non-hydrogen) atoms. The number of carbonyl (C=O) groups excluding carboxylic acids is 1. The normalized spacial score (nSPS) is 10.6. The highest BCUT2D eigenvalue weighted by molar-refractivity contribution is 7.99. The Kier molecular flexibility index (Phi) is 5.50. The highest BCUT2D eigenvalue weighted by Gasteiger charge is 2.13. The smallest absolute Gasteiger partial charge is 0.322 e. The number of anilines is 1. The molecule has 0 spiro atoms. The second kappa shape index (κ2) is 7.98. The van der Waals surface area contributed by atoms with E-state index in [0.717, 1.165) is 16.0 Å². The number of aryl methyl sites for hydroxylation is 2. The van der Waals surface area contributed by atoms with E-state index >= 15 is 0 Å². The minimum atomic E-state index is -0.140. The third kappa shape index (κ3) is 4.70. The standard InChI is InChI=1S/C19H19N3O2S/c1-13-8-9-16(14(2)12-13)18-21-22-19(24-18)20-17(23)10-11-25-15-6-4-3-5-7-15/h3-9,12H,10-11H2,1-2H3,(H,20,22,23). The van der Waals surface area contributed by atoms with Crippen LogP contribution in [0.2, 0.25) is 0 Å². The molecular formula is C19H19N3O2S. The summed E-state index contributed by atoms with van der Waals surface area (Å²) in [4.78, 5) is 13.2. The van der Waals surface area contributed by atoms with Gasteiger partial charge < -0.3 is 4.42 Å². The van der Waals surface area contributed by atoms with Gasteiger partial charge in [-0.1, -0.05) is 41.0 Å². The van der Waals surface area contributed by atoms with Gasteiger partial charge in [-0.2, -0.15) is 0 Å². The Morgan fingerprint density at radius 2 is 1.92 bits per heavy atom. The first-order valence-corrected chi connectivity index (χ1v) is 8.99. The van der Waals surface area contributed by atoms with Crippen molar-refractivity contribution in [1.82, 2.24) is 10.2 Å².